The van der Waals surface area contributed by atoms with Crippen molar-refractivity contribution in [3.8, 4) is 16.9 Å². The number of hydrogen-bond donors (Lipinski definition) is 3. The van der Waals surface area contributed by atoms with Crippen LogP contribution in [-0.4, -0.2) is 72.5 Å². The van der Waals surface area contributed by atoms with Crippen LogP contribution in [0.25, 0.3) is 11.1 Å². The molecular weight excluding hydrogens is 689 g/mol. The Bertz CT molecular complexity index is 1940. The standard InChI is InChI=1S/C47H56N2O6/c1-33-10-8-26-46(2)43(25-27-47(46,53)32-49(28-9-29-54-3)45(52)48-38-19-22-40(55-4)23-20-38)41-24-14-34(30-39(50)21-13-33)31-42(41)44(51)37-17-15-36(16-18-37)35-11-6-5-7-12-35/h5-7,10-12,14-20,22-24,31,39,43,50,53H,8-9,13,21,25-30,32H2,1-4H3,(H,48,52). The Kier molecular flexibility index (Phi) is 12.9. The number of nitrogens with one attached hydrogen (secondary N) is 1. The highest BCUT2D eigenvalue weighted by Crippen LogP contribution is 2.59. The van der Waals surface area contributed by atoms with Gasteiger partial charge in [0.2, 0.25) is 0 Å². The molecule has 2 bridgehead atoms. The second-order valence-corrected chi connectivity index (χ2v) is 15.6. The quantitative estimate of drug-likeness (QED) is 0.0803. The second kappa shape index (κ2) is 17.8. The Balaban J connectivity index is 1.37. The molecule has 4 atom stereocenters. The van der Waals surface area contributed by atoms with E-state index in [1.807, 2.05) is 54.6 Å². The number of carbonyl (C=O) groups excluding carboxylic acids is 2. The van der Waals surface area contributed by atoms with Gasteiger partial charge >= 0.3 is 6.03 Å². The number of carbonyl (C=O) groups is 2. The van der Waals surface area contributed by atoms with Crippen molar-refractivity contribution in [1.29, 1.82) is 0 Å². The minimum Gasteiger partial charge on any atom is -0.497 e. The molecule has 3 aliphatic carbocycles. The van der Waals surface area contributed by atoms with E-state index in [1.165, 1.54) is 5.57 Å². The molecule has 0 aliphatic heterocycles. The highest BCUT2D eigenvalue weighted by Gasteiger charge is 2.57. The van der Waals surface area contributed by atoms with Gasteiger partial charge < -0.3 is 29.9 Å². The van der Waals surface area contributed by atoms with Crippen molar-refractivity contribution < 1.29 is 29.3 Å². The third kappa shape index (κ3) is 9.21. The summed E-state index contributed by atoms with van der Waals surface area (Å²) in [5.41, 5.74) is 5.02. The fourth-order valence-corrected chi connectivity index (χ4v) is 8.64. The summed E-state index contributed by atoms with van der Waals surface area (Å²) < 4.78 is 10.7. The smallest absolute Gasteiger partial charge is 0.321 e. The van der Waals surface area contributed by atoms with Crippen LogP contribution in [0.15, 0.2) is 109 Å². The number of ether oxygens (including phenoxy) is 2. The number of aliphatic hydroxyl groups excluding tert-OH is 1. The fourth-order valence-electron chi connectivity index (χ4n) is 8.64. The maximum Gasteiger partial charge on any atom is 0.321 e. The molecule has 8 heteroatoms. The first kappa shape index (κ1) is 39.9. The molecule has 55 heavy (non-hydrogen) atoms. The van der Waals surface area contributed by atoms with Gasteiger partial charge in [-0.25, -0.2) is 4.79 Å². The number of ketones is 1. The molecule has 1 saturated carbocycles. The fraction of sp³-hybridized carbons (Fsp3) is 0.404. The molecule has 0 radical (unpaired) electrons. The van der Waals surface area contributed by atoms with Crippen LogP contribution in [0.5, 0.6) is 5.75 Å². The van der Waals surface area contributed by atoms with Gasteiger partial charge in [-0.2, -0.15) is 0 Å². The van der Waals surface area contributed by atoms with Gasteiger partial charge in [-0.15, -0.1) is 0 Å². The zero-order valence-electron chi connectivity index (χ0n) is 32.7. The number of methoxy groups -OCH3 is 2. The lowest BCUT2D eigenvalue weighted by Crippen LogP contribution is -2.54. The van der Waals surface area contributed by atoms with Gasteiger partial charge in [0.1, 0.15) is 5.75 Å². The molecule has 7 rings (SSSR count). The average Bonchev–Trinajstić information content (AvgIpc) is 3.45. The molecule has 8 nitrogen and oxygen atoms in total. The molecule has 4 unspecified atom stereocenters. The van der Waals surface area contributed by atoms with Crippen molar-refractivity contribution in [2.45, 2.75) is 82.8 Å². The Morgan fingerprint density at radius 1 is 0.909 bits per heavy atom. The number of rotatable bonds is 11. The predicted octanol–water partition coefficient (Wildman–Crippen LogP) is 9.20. The minimum absolute atomic E-state index is 0.0772. The lowest BCUT2D eigenvalue weighted by atomic mass is 9.64. The molecule has 0 aromatic heterocycles. The summed E-state index contributed by atoms with van der Waals surface area (Å²) in [6.07, 6.45) is 6.65. The number of allylic oxidation sites excluding steroid dienone is 2. The number of nitrogens with zero attached hydrogens (tertiary/aromatic N) is 1. The molecule has 290 valence electrons. The van der Waals surface area contributed by atoms with E-state index in [-0.39, 0.29) is 24.3 Å². The molecule has 1 fully saturated rings. The molecule has 0 spiro atoms. The summed E-state index contributed by atoms with van der Waals surface area (Å²) in [6, 6.07) is 30.8. The number of urea groups is 1. The van der Waals surface area contributed by atoms with Gasteiger partial charge in [0.05, 0.1) is 25.4 Å². The van der Waals surface area contributed by atoms with Crippen LogP contribution in [0.3, 0.4) is 0 Å². The van der Waals surface area contributed by atoms with Gasteiger partial charge in [-0.05, 0) is 117 Å². The summed E-state index contributed by atoms with van der Waals surface area (Å²) in [6.45, 7) is 5.26. The van der Waals surface area contributed by atoms with E-state index in [0.29, 0.717) is 74.2 Å². The monoisotopic (exact) mass is 744 g/mol. The lowest BCUT2D eigenvalue weighted by molar-refractivity contribution is -0.0767. The van der Waals surface area contributed by atoms with Crippen LogP contribution in [0.2, 0.25) is 0 Å². The van der Waals surface area contributed by atoms with E-state index < -0.39 is 17.1 Å². The normalized spacial score (nSPS) is 22.6. The van der Waals surface area contributed by atoms with Crippen molar-refractivity contribution in [2.75, 3.05) is 39.2 Å². The van der Waals surface area contributed by atoms with Gasteiger partial charge in [0, 0.05) is 42.5 Å². The summed E-state index contributed by atoms with van der Waals surface area (Å²) in [5, 5.41) is 27.1. The number of amides is 2. The topological polar surface area (TPSA) is 108 Å². The van der Waals surface area contributed by atoms with Gasteiger partial charge in [0.25, 0.3) is 0 Å². The van der Waals surface area contributed by atoms with Gasteiger partial charge in [0.15, 0.2) is 5.78 Å². The van der Waals surface area contributed by atoms with Crippen LogP contribution in [0.4, 0.5) is 10.5 Å². The van der Waals surface area contributed by atoms with E-state index >= 15 is 0 Å². The summed E-state index contributed by atoms with van der Waals surface area (Å²) in [4.78, 5) is 30.3. The highest BCUT2D eigenvalue weighted by atomic mass is 16.5. The summed E-state index contributed by atoms with van der Waals surface area (Å²) in [7, 11) is 3.25. The Hall–Kier alpha value is -4.76. The minimum atomic E-state index is -1.26. The van der Waals surface area contributed by atoms with Crippen LogP contribution in [0, 0.1) is 5.41 Å². The molecular formula is C47H56N2O6. The van der Waals surface area contributed by atoms with Crippen molar-refractivity contribution in [2.24, 2.45) is 5.41 Å². The molecule has 4 aromatic rings. The van der Waals surface area contributed by atoms with E-state index in [4.69, 9.17) is 9.47 Å². The number of aliphatic hydroxyl groups is 2. The van der Waals surface area contributed by atoms with Crippen molar-refractivity contribution in [3.05, 3.63) is 131 Å². The molecule has 4 aromatic carbocycles. The Morgan fingerprint density at radius 3 is 2.35 bits per heavy atom. The van der Waals surface area contributed by atoms with Crippen LogP contribution >= 0.6 is 0 Å². The zero-order valence-corrected chi connectivity index (χ0v) is 32.7. The molecule has 3 aliphatic rings. The maximum atomic E-state index is 14.6. The molecule has 2 amide bonds. The number of hydrogen-bond acceptors (Lipinski definition) is 6. The highest BCUT2D eigenvalue weighted by molar-refractivity contribution is 6.10. The first-order valence-electron chi connectivity index (χ1n) is 19.6. The largest absolute Gasteiger partial charge is 0.497 e. The van der Waals surface area contributed by atoms with Gasteiger partial charge in [-0.1, -0.05) is 85.3 Å². The summed E-state index contributed by atoms with van der Waals surface area (Å²) >= 11 is 0. The maximum absolute atomic E-state index is 14.6. The SMILES string of the molecule is COCCCN(CC1(O)CCC2c3ccc(cc3C(=O)c3ccc(-c4ccccc4)cc3)CC(O)CCC(C)=CCCC21C)C(=O)Nc1ccc(OC)cc1. The van der Waals surface area contributed by atoms with Crippen molar-refractivity contribution >= 4 is 17.5 Å². The van der Waals surface area contributed by atoms with Crippen LogP contribution in [0.1, 0.15) is 91.8 Å². The van der Waals surface area contributed by atoms with Crippen molar-refractivity contribution in [1.82, 2.24) is 4.90 Å². The second-order valence-electron chi connectivity index (χ2n) is 15.6. The van der Waals surface area contributed by atoms with E-state index in [1.54, 1.807) is 43.4 Å². The number of benzene rings is 4. The third-order valence-electron chi connectivity index (χ3n) is 12.0. The first-order chi connectivity index (χ1) is 26.5. The third-order valence-corrected chi connectivity index (χ3v) is 12.0. The molecule has 0 heterocycles. The van der Waals surface area contributed by atoms with E-state index in [2.05, 4.69) is 43.4 Å². The molecule has 3 N–H and O–H groups in total. The van der Waals surface area contributed by atoms with Crippen molar-refractivity contribution in [3.63, 3.8) is 0 Å². The predicted molar refractivity (Wildman–Crippen MR) is 219 cm³/mol. The van der Waals surface area contributed by atoms with Crippen LogP contribution < -0.4 is 10.1 Å². The van der Waals surface area contributed by atoms with E-state index in [9.17, 15) is 19.8 Å². The Morgan fingerprint density at radius 2 is 1.64 bits per heavy atom. The lowest BCUT2D eigenvalue weighted by Gasteiger charge is -2.46. The zero-order chi connectivity index (χ0) is 39.0. The Labute approximate surface area is 326 Å². The molecule has 0 saturated heterocycles. The van der Waals surface area contributed by atoms with Gasteiger partial charge in [-0.3, -0.25) is 4.79 Å². The average molecular weight is 745 g/mol. The number of anilines is 1. The summed E-state index contributed by atoms with van der Waals surface area (Å²) in [5.74, 6) is 0.450. The first-order valence-corrected chi connectivity index (χ1v) is 19.6. The van der Waals surface area contributed by atoms with E-state index in [0.717, 1.165) is 35.1 Å². The van der Waals surface area contributed by atoms with Crippen LogP contribution in [-0.2, 0) is 11.2 Å². The number of fused-ring (bicyclic) bond motifs is 8.